The minimum atomic E-state index is -0.445. The third kappa shape index (κ3) is 4.50. The molecule has 2 N–H and O–H groups in total. The molecule has 12 heteroatoms. The molecule has 3 amide bonds. The van der Waals surface area contributed by atoms with Gasteiger partial charge in [-0.3, -0.25) is 4.79 Å². The molecule has 2 aliphatic rings. The molecule has 0 bridgehead atoms. The number of amides is 3. The van der Waals surface area contributed by atoms with Crippen molar-refractivity contribution < 1.29 is 18.7 Å². The van der Waals surface area contributed by atoms with Gasteiger partial charge in [0.1, 0.15) is 34.2 Å². The van der Waals surface area contributed by atoms with Crippen LogP contribution in [0.15, 0.2) is 47.3 Å². The predicted molar refractivity (Wildman–Crippen MR) is 141 cm³/mol. The van der Waals surface area contributed by atoms with Crippen LogP contribution >= 0.6 is 22.9 Å². The van der Waals surface area contributed by atoms with E-state index >= 15 is 0 Å². The van der Waals surface area contributed by atoms with E-state index in [2.05, 4.69) is 32.5 Å². The number of carbonyl (C=O) groups is 2. The second-order valence-corrected chi connectivity index (χ2v) is 10.4. The van der Waals surface area contributed by atoms with Crippen LogP contribution in [0.25, 0.3) is 10.2 Å². The second kappa shape index (κ2) is 9.66. The summed E-state index contributed by atoms with van der Waals surface area (Å²) in [7, 11) is 2.07. The van der Waals surface area contributed by atoms with Gasteiger partial charge < -0.3 is 24.7 Å². The van der Waals surface area contributed by atoms with Crippen LogP contribution in [0.1, 0.15) is 28.3 Å². The average molecular weight is 539 g/mol. The van der Waals surface area contributed by atoms with E-state index in [0.29, 0.717) is 48.8 Å². The summed E-state index contributed by atoms with van der Waals surface area (Å²) in [6.07, 6.45) is 4.74. The van der Waals surface area contributed by atoms with Crippen LogP contribution in [-0.4, -0.2) is 53.0 Å². The van der Waals surface area contributed by atoms with E-state index in [4.69, 9.17) is 20.8 Å². The topological polar surface area (TPSA) is 113 Å². The molecule has 1 saturated heterocycles. The fourth-order valence-corrected chi connectivity index (χ4v) is 5.78. The lowest BCUT2D eigenvalue weighted by molar-refractivity contribution is 0.0922. The minimum Gasteiger partial charge on any atom is -0.484 e. The highest BCUT2D eigenvalue weighted by molar-refractivity contribution is 7.21. The lowest BCUT2D eigenvalue weighted by Gasteiger charge is -2.30. The number of furan rings is 1. The minimum absolute atomic E-state index is 0.0955. The Bertz CT molecular complexity index is 1480. The van der Waals surface area contributed by atoms with Crippen molar-refractivity contribution in [1.82, 2.24) is 20.2 Å². The number of aromatic nitrogens is 2. The molecule has 10 nitrogen and oxygen atoms in total. The molecule has 0 atom stereocenters. The van der Waals surface area contributed by atoms with Crippen molar-refractivity contribution in [2.24, 2.45) is 0 Å². The smallest absolute Gasteiger partial charge is 0.332 e. The number of benzene rings is 1. The number of hydrogen-bond donors (Lipinski definition) is 2. The van der Waals surface area contributed by atoms with Gasteiger partial charge in [-0.15, -0.1) is 11.3 Å². The zero-order valence-corrected chi connectivity index (χ0v) is 21.4. The largest absolute Gasteiger partial charge is 0.484 e. The van der Waals surface area contributed by atoms with E-state index in [1.807, 2.05) is 0 Å². The van der Waals surface area contributed by atoms with E-state index < -0.39 is 6.03 Å². The Morgan fingerprint density at radius 3 is 2.89 bits per heavy atom. The molecule has 0 aliphatic carbocycles. The summed E-state index contributed by atoms with van der Waals surface area (Å²) in [6, 6.07) is 8.29. The Morgan fingerprint density at radius 1 is 1.30 bits per heavy atom. The van der Waals surface area contributed by atoms with Crippen molar-refractivity contribution in [3.63, 3.8) is 0 Å². The molecule has 0 radical (unpaired) electrons. The SMILES string of the molecule is CN1CCC(NC(=O)c2sc3ncnc4c3c2NC(=O)N4c2ccc(OCc3ccco3)c(Cl)c2)CC1. The number of thiophene rings is 1. The number of rotatable bonds is 6. The number of ether oxygens (including phenoxy) is 1. The molecule has 4 aromatic rings. The molecule has 2 aliphatic heterocycles. The predicted octanol–water partition coefficient (Wildman–Crippen LogP) is 5.02. The van der Waals surface area contributed by atoms with E-state index in [1.165, 1.54) is 22.6 Å². The molecule has 1 fully saturated rings. The van der Waals surface area contributed by atoms with Gasteiger partial charge >= 0.3 is 6.03 Å². The zero-order valence-electron chi connectivity index (χ0n) is 19.9. The van der Waals surface area contributed by atoms with Crippen LogP contribution < -0.4 is 20.3 Å². The van der Waals surface area contributed by atoms with E-state index in [9.17, 15) is 9.59 Å². The van der Waals surface area contributed by atoms with Crippen LogP contribution in [0.5, 0.6) is 5.75 Å². The zero-order chi connectivity index (χ0) is 25.5. The van der Waals surface area contributed by atoms with E-state index in [1.54, 1.807) is 36.6 Å². The number of anilines is 3. The molecule has 5 heterocycles. The summed E-state index contributed by atoms with van der Waals surface area (Å²) in [4.78, 5) is 40.0. The highest BCUT2D eigenvalue weighted by Crippen LogP contribution is 2.45. The first-order chi connectivity index (χ1) is 18.0. The van der Waals surface area contributed by atoms with Gasteiger partial charge in [-0.05, 0) is 63.3 Å². The number of hydrogen-bond acceptors (Lipinski definition) is 8. The molecule has 37 heavy (non-hydrogen) atoms. The fraction of sp³-hybridized carbons (Fsp3) is 0.280. The van der Waals surface area contributed by atoms with Crippen molar-refractivity contribution in [3.8, 4) is 5.75 Å². The molecular formula is C25H23ClN6O4S. The number of nitrogens with one attached hydrogen (secondary N) is 2. The third-order valence-electron chi connectivity index (χ3n) is 6.50. The summed E-state index contributed by atoms with van der Waals surface area (Å²) in [5.41, 5.74) is 0.939. The second-order valence-electron chi connectivity index (χ2n) is 8.98. The molecule has 6 rings (SSSR count). The van der Waals surface area contributed by atoms with E-state index in [-0.39, 0.29) is 18.6 Å². The maximum absolute atomic E-state index is 13.3. The number of urea groups is 1. The Labute approximate surface area is 221 Å². The highest BCUT2D eigenvalue weighted by atomic mass is 35.5. The summed E-state index contributed by atoms with van der Waals surface area (Å²) >= 11 is 7.73. The summed E-state index contributed by atoms with van der Waals surface area (Å²) in [5, 5.41) is 6.96. The van der Waals surface area contributed by atoms with Gasteiger partial charge in [0.15, 0.2) is 5.82 Å². The lowest BCUT2D eigenvalue weighted by atomic mass is 10.1. The molecule has 190 valence electrons. The standard InChI is InChI=1S/C25H23ClN6O4S/c1-31-8-6-14(7-9-31)29-23(33)21-20-19-22(27-13-28-24(19)37-21)32(25(34)30-20)15-4-5-18(17(26)11-15)36-12-16-3-2-10-35-16/h2-5,10-11,13-14H,6-9,12H2,1H3,(H,29,33)(H,30,34). The number of carbonyl (C=O) groups excluding carboxylic acids is 2. The van der Waals surface area contributed by atoms with Crippen molar-refractivity contribution in [2.75, 3.05) is 30.4 Å². The molecule has 0 unspecified atom stereocenters. The van der Waals surface area contributed by atoms with Crippen LogP contribution in [0.4, 0.5) is 22.0 Å². The highest BCUT2D eigenvalue weighted by Gasteiger charge is 2.34. The molecule has 0 saturated carbocycles. The number of piperidine rings is 1. The number of likely N-dealkylation sites (tertiary alicyclic amines) is 1. The van der Waals surface area contributed by atoms with Crippen molar-refractivity contribution in [3.05, 3.63) is 58.6 Å². The Kier molecular flexibility index (Phi) is 6.19. The molecular weight excluding hydrogens is 516 g/mol. The van der Waals surface area contributed by atoms with Crippen LogP contribution in [0, 0.1) is 0 Å². The first-order valence-electron chi connectivity index (χ1n) is 11.8. The van der Waals surface area contributed by atoms with Gasteiger partial charge in [-0.2, -0.15) is 0 Å². The fourth-order valence-electron chi connectivity index (χ4n) is 4.56. The first kappa shape index (κ1) is 23.7. The van der Waals surface area contributed by atoms with Crippen molar-refractivity contribution in [2.45, 2.75) is 25.5 Å². The molecule has 0 spiro atoms. The van der Waals surface area contributed by atoms with E-state index in [0.717, 1.165) is 25.9 Å². The van der Waals surface area contributed by atoms with Gasteiger partial charge in [-0.25, -0.2) is 19.7 Å². The lowest BCUT2D eigenvalue weighted by Crippen LogP contribution is -2.43. The van der Waals surface area contributed by atoms with Gasteiger partial charge in [0, 0.05) is 6.04 Å². The number of halogens is 1. The van der Waals surface area contributed by atoms with Gasteiger partial charge in [-0.1, -0.05) is 11.6 Å². The summed E-state index contributed by atoms with van der Waals surface area (Å²) in [5.74, 6) is 1.29. The van der Waals surface area contributed by atoms with Gasteiger partial charge in [0.25, 0.3) is 5.91 Å². The van der Waals surface area contributed by atoms with Crippen LogP contribution in [0.3, 0.4) is 0 Å². The van der Waals surface area contributed by atoms with Gasteiger partial charge in [0.05, 0.1) is 28.0 Å². The van der Waals surface area contributed by atoms with Crippen LogP contribution in [0.2, 0.25) is 5.02 Å². The Morgan fingerprint density at radius 2 is 2.14 bits per heavy atom. The maximum Gasteiger partial charge on any atom is 0.332 e. The quantitative estimate of drug-likeness (QED) is 0.354. The summed E-state index contributed by atoms with van der Waals surface area (Å²) < 4.78 is 11.0. The van der Waals surface area contributed by atoms with Crippen molar-refractivity contribution in [1.29, 1.82) is 0 Å². The average Bonchev–Trinajstić information content (AvgIpc) is 3.54. The number of nitrogens with zero attached hydrogens (tertiary/aromatic N) is 4. The maximum atomic E-state index is 13.3. The van der Waals surface area contributed by atoms with Crippen molar-refractivity contribution >= 4 is 62.3 Å². The summed E-state index contributed by atoms with van der Waals surface area (Å²) in [6.45, 7) is 2.09. The van der Waals surface area contributed by atoms with Gasteiger partial charge in [0.2, 0.25) is 0 Å². The Hall–Kier alpha value is -3.67. The monoisotopic (exact) mass is 538 g/mol. The normalized spacial score (nSPS) is 16.2. The molecule has 3 aromatic heterocycles. The van der Waals surface area contributed by atoms with Crippen LogP contribution in [-0.2, 0) is 6.61 Å². The Balaban J connectivity index is 1.29. The molecule has 1 aromatic carbocycles. The first-order valence-corrected chi connectivity index (χ1v) is 13.0. The third-order valence-corrected chi connectivity index (χ3v) is 7.89.